The van der Waals surface area contributed by atoms with E-state index in [1.165, 1.54) is 11.8 Å². The second-order valence-corrected chi connectivity index (χ2v) is 8.44. The molecule has 0 radical (unpaired) electrons. The Bertz CT molecular complexity index is 1010. The van der Waals surface area contributed by atoms with Crippen LogP contribution in [0.5, 0.6) is 0 Å². The average Bonchev–Trinajstić information content (AvgIpc) is 3.09. The number of aromatic nitrogens is 3. The van der Waals surface area contributed by atoms with Gasteiger partial charge in [0.25, 0.3) is 0 Å². The van der Waals surface area contributed by atoms with Gasteiger partial charge in [-0.3, -0.25) is 9.36 Å². The third kappa shape index (κ3) is 5.68. The van der Waals surface area contributed by atoms with Gasteiger partial charge in [-0.05, 0) is 53.5 Å². The van der Waals surface area contributed by atoms with Crippen molar-refractivity contribution in [3.8, 4) is 11.4 Å². The summed E-state index contributed by atoms with van der Waals surface area (Å²) in [5.74, 6) is 0.909. The van der Waals surface area contributed by atoms with E-state index in [4.69, 9.17) is 4.74 Å². The van der Waals surface area contributed by atoms with E-state index in [9.17, 15) is 4.79 Å². The number of aryl methyl sites for hydroxylation is 2. The first-order valence-electron chi connectivity index (χ1n) is 9.16. The maximum absolute atomic E-state index is 12.4. The number of anilines is 1. The normalized spacial score (nSPS) is 10.9. The summed E-state index contributed by atoms with van der Waals surface area (Å²) in [5.41, 5.74) is 4.02. The molecule has 1 N–H and O–H groups in total. The van der Waals surface area contributed by atoms with Crippen molar-refractivity contribution >= 4 is 39.3 Å². The molecule has 0 saturated carbocycles. The first-order chi connectivity index (χ1) is 14.0. The van der Waals surface area contributed by atoms with Crippen LogP contribution in [0.15, 0.2) is 52.1 Å². The highest BCUT2D eigenvalue weighted by atomic mass is 79.9. The minimum Gasteiger partial charge on any atom is -0.383 e. The minimum atomic E-state index is -0.0991. The molecule has 2 aromatic carbocycles. The maximum atomic E-state index is 12.4. The monoisotopic (exact) mass is 474 g/mol. The van der Waals surface area contributed by atoms with Crippen molar-refractivity contribution in [1.29, 1.82) is 0 Å². The Hall–Kier alpha value is -2.16. The first-order valence-corrected chi connectivity index (χ1v) is 10.9. The van der Waals surface area contributed by atoms with Crippen LogP contribution in [0.25, 0.3) is 11.4 Å². The predicted octanol–water partition coefficient (Wildman–Crippen LogP) is 4.70. The van der Waals surface area contributed by atoms with Crippen LogP contribution in [0.3, 0.4) is 0 Å². The lowest BCUT2D eigenvalue weighted by Gasteiger charge is -2.11. The Balaban J connectivity index is 1.73. The topological polar surface area (TPSA) is 69.0 Å². The molecule has 0 aliphatic heterocycles. The van der Waals surface area contributed by atoms with Gasteiger partial charge in [0, 0.05) is 17.1 Å². The summed E-state index contributed by atoms with van der Waals surface area (Å²) in [7, 11) is 1.66. The molecule has 1 amide bonds. The highest BCUT2D eigenvalue weighted by Gasteiger charge is 2.16. The Kier molecular flexibility index (Phi) is 7.46. The molecular formula is C21H23BrN4O2S. The number of rotatable bonds is 8. The zero-order valence-electron chi connectivity index (χ0n) is 16.6. The number of ether oxygens (including phenoxy) is 1. The summed E-state index contributed by atoms with van der Waals surface area (Å²) >= 11 is 4.84. The largest absolute Gasteiger partial charge is 0.383 e. The van der Waals surface area contributed by atoms with Crippen molar-refractivity contribution in [1.82, 2.24) is 14.8 Å². The Labute approximate surface area is 183 Å². The highest BCUT2D eigenvalue weighted by Crippen LogP contribution is 2.26. The zero-order chi connectivity index (χ0) is 20.8. The fourth-order valence-electron chi connectivity index (χ4n) is 2.82. The standard InChI is InChI=1S/C21H23BrN4O2S/c1-14-5-4-6-16(11-14)20-24-25-21(26(20)9-10-28-3)29-13-19(27)23-18-8-7-15(2)12-17(18)22/h4-8,11-12H,9-10,13H2,1-3H3,(H,23,27). The third-order valence-corrected chi connectivity index (χ3v) is 5.87. The molecule has 6 nitrogen and oxygen atoms in total. The molecular weight excluding hydrogens is 452 g/mol. The summed E-state index contributed by atoms with van der Waals surface area (Å²) in [6.45, 7) is 5.20. The number of hydrogen-bond donors (Lipinski definition) is 1. The molecule has 0 bridgehead atoms. The van der Waals surface area contributed by atoms with E-state index in [0.29, 0.717) is 18.3 Å². The van der Waals surface area contributed by atoms with Crippen LogP contribution in [0.1, 0.15) is 11.1 Å². The van der Waals surface area contributed by atoms with Crippen LogP contribution in [-0.4, -0.2) is 40.1 Å². The number of benzene rings is 2. The van der Waals surface area contributed by atoms with Gasteiger partial charge in [0.2, 0.25) is 5.91 Å². The van der Waals surface area contributed by atoms with E-state index in [0.717, 1.165) is 32.7 Å². The first kappa shape index (κ1) is 21.5. The predicted molar refractivity (Wildman–Crippen MR) is 120 cm³/mol. The Morgan fingerprint density at radius 3 is 2.69 bits per heavy atom. The van der Waals surface area contributed by atoms with Crippen LogP contribution in [0.4, 0.5) is 5.69 Å². The van der Waals surface area contributed by atoms with E-state index in [1.807, 2.05) is 54.8 Å². The number of halogens is 1. The smallest absolute Gasteiger partial charge is 0.234 e. The van der Waals surface area contributed by atoms with E-state index in [1.54, 1.807) is 7.11 Å². The summed E-state index contributed by atoms with van der Waals surface area (Å²) in [6.07, 6.45) is 0. The minimum absolute atomic E-state index is 0.0991. The summed E-state index contributed by atoms with van der Waals surface area (Å²) in [6, 6.07) is 13.9. The number of carbonyl (C=O) groups excluding carboxylic acids is 1. The van der Waals surface area contributed by atoms with Crippen LogP contribution in [0.2, 0.25) is 0 Å². The molecule has 3 aromatic rings. The van der Waals surface area contributed by atoms with Crippen molar-refractivity contribution in [2.45, 2.75) is 25.5 Å². The maximum Gasteiger partial charge on any atom is 0.234 e. The molecule has 3 rings (SSSR count). The molecule has 1 aromatic heterocycles. The van der Waals surface area contributed by atoms with Crippen LogP contribution in [0, 0.1) is 13.8 Å². The van der Waals surface area contributed by atoms with Crippen LogP contribution >= 0.6 is 27.7 Å². The lowest BCUT2D eigenvalue weighted by atomic mass is 10.1. The van der Waals surface area contributed by atoms with Gasteiger partial charge in [-0.2, -0.15) is 0 Å². The van der Waals surface area contributed by atoms with E-state index >= 15 is 0 Å². The fraction of sp³-hybridized carbons (Fsp3) is 0.286. The van der Waals surface area contributed by atoms with Gasteiger partial charge in [0.05, 0.1) is 24.6 Å². The highest BCUT2D eigenvalue weighted by molar-refractivity contribution is 9.10. The second-order valence-electron chi connectivity index (χ2n) is 6.64. The van der Waals surface area contributed by atoms with Gasteiger partial charge in [-0.1, -0.05) is 41.6 Å². The SMILES string of the molecule is COCCn1c(SCC(=O)Nc2ccc(C)cc2Br)nnc1-c1cccc(C)c1. The molecule has 0 atom stereocenters. The van der Waals surface area contributed by atoms with Gasteiger partial charge in [0.1, 0.15) is 0 Å². The number of nitrogens with one attached hydrogen (secondary N) is 1. The zero-order valence-corrected chi connectivity index (χ0v) is 19.0. The van der Waals surface area contributed by atoms with Crippen molar-refractivity contribution in [3.63, 3.8) is 0 Å². The fourth-order valence-corrected chi connectivity index (χ4v) is 4.17. The number of hydrogen-bond acceptors (Lipinski definition) is 5. The van der Waals surface area contributed by atoms with Crippen molar-refractivity contribution in [2.75, 3.05) is 24.8 Å². The second kappa shape index (κ2) is 10.0. The molecule has 0 aliphatic rings. The summed E-state index contributed by atoms with van der Waals surface area (Å²) < 4.78 is 8.10. The molecule has 0 spiro atoms. The quantitative estimate of drug-likeness (QED) is 0.479. The summed E-state index contributed by atoms with van der Waals surface area (Å²) in [4.78, 5) is 12.4. The van der Waals surface area contributed by atoms with E-state index < -0.39 is 0 Å². The number of nitrogens with zero attached hydrogens (tertiary/aromatic N) is 3. The molecule has 0 unspecified atom stereocenters. The van der Waals surface area contributed by atoms with Gasteiger partial charge in [0.15, 0.2) is 11.0 Å². The lowest BCUT2D eigenvalue weighted by Crippen LogP contribution is -2.15. The Morgan fingerprint density at radius 2 is 1.97 bits per heavy atom. The van der Waals surface area contributed by atoms with Gasteiger partial charge in [-0.25, -0.2) is 0 Å². The molecule has 152 valence electrons. The van der Waals surface area contributed by atoms with Crippen LogP contribution in [-0.2, 0) is 16.1 Å². The lowest BCUT2D eigenvalue weighted by molar-refractivity contribution is -0.113. The molecule has 0 saturated heterocycles. The third-order valence-electron chi connectivity index (χ3n) is 4.24. The number of methoxy groups -OCH3 is 1. The summed E-state index contributed by atoms with van der Waals surface area (Å²) in [5, 5.41) is 12.3. The van der Waals surface area contributed by atoms with Gasteiger partial charge >= 0.3 is 0 Å². The number of thioether (sulfide) groups is 1. The van der Waals surface area contributed by atoms with Crippen molar-refractivity contribution in [2.24, 2.45) is 0 Å². The van der Waals surface area contributed by atoms with Crippen molar-refractivity contribution in [3.05, 3.63) is 58.1 Å². The molecule has 0 fully saturated rings. The van der Waals surface area contributed by atoms with E-state index in [2.05, 4.69) is 37.5 Å². The average molecular weight is 475 g/mol. The number of amides is 1. The van der Waals surface area contributed by atoms with Gasteiger partial charge < -0.3 is 10.1 Å². The van der Waals surface area contributed by atoms with Crippen LogP contribution < -0.4 is 5.32 Å². The van der Waals surface area contributed by atoms with Gasteiger partial charge in [-0.15, -0.1) is 10.2 Å². The molecule has 8 heteroatoms. The molecule has 29 heavy (non-hydrogen) atoms. The Morgan fingerprint density at radius 1 is 1.17 bits per heavy atom. The van der Waals surface area contributed by atoms with E-state index in [-0.39, 0.29) is 11.7 Å². The molecule has 1 heterocycles. The number of carbonyl (C=O) groups is 1. The van der Waals surface area contributed by atoms with Crippen molar-refractivity contribution < 1.29 is 9.53 Å². The molecule has 0 aliphatic carbocycles.